The first-order valence-electron chi connectivity index (χ1n) is 5.04. The van der Waals surface area contributed by atoms with E-state index in [-0.39, 0.29) is 6.04 Å². The highest BCUT2D eigenvalue weighted by molar-refractivity contribution is 7.87. The van der Waals surface area contributed by atoms with E-state index < -0.39 is 10.2 Å². The highest BCUT2D eigenvalue weighted by atomic mass is 32.2. The molecule has 0 saturated carbocycles. The van der Waals surface area contributed by atoms with Gasteiger partial charge in [0.1, 0.15) is 0 Å². The summed E-state index contributed by atoms with van der Waals surface area (Å²) in [6.45, 7) is 6.29. The first kappa shape index (κ1) is 11.9. The molecular weight excluding hydrogens is 202 g/mol. The second kappa shape index (κ2) is 5.06. The Morgan fingerprint density at radius 3 is 2.86 bits per heavy atom. The van der Waals surface area contributed by atoms with Crippen LogP contribution in [0, 0.1) is 0 Å². The van der Waals surface area contributed by atoms with E-state index in [1.807, 2.05) is 13.8 Å². The van der Waals surface area contributed by atoms with Crippen molar-refractivity contribution in [3.05, 3.63) is 0 Å². The molecule has 0 amide bonds. The molecule has 1 atom stereocenters. The minimum Gasteiger partial charge on any atom is -0.312 e. The Bertz CT molecular complexity index is 266. The van der Waals surface area contributed by atoms with Gasteiger partial charge in [-0.15, -0.1) is 0 Å². The molecule has 0 radical (unpaired) electrons. The molecule has 0 bridgehead atoms. The molecule has 1 aliphatic heterocycles. The van der Waals surface area contributed by atoms with Crippen molar-refractivity contribution in [2.45, 2.75) is 26.3 Å². The molecule has 1 heterocycles. The van der Waals surface area contributed by atoms with Gasteiger partial charge in [0.2, 0.25) is 0 Å². The number of rotatable bonds is 4. The van der Waals surface area contributed by atoms with Gasteiger partial charge in [-0.3, -0.25) is 0 Å². The van der Waals surface area contributed by atoms with E-state index in [1.54, 1.807) is 0 Å². The zero-order valence-electron chi connectivity index (χ0n) is 8.78. The van der Waals surface area contributed by atoms with Gasteiger partial charge in [-0.1, -0.05) is 6.92 Å². The van der Waals surface area contributed by atoms with Crippen LogP contribution >= 0.6 is 0 Å². The van der Waals surface area contributed by atoms with Crippen molar-refractivity contribution in [1.29, 1.82) is 0 Å². The van der Waals surface area contributed by atoms with Gasteiger partial charge in [0.05, 0.1) is 0 Å². The Hall–Kier alpha value is -0.170. The summed E-state index contributed by atoms with van der Waals surface area (Å²) in [7, 11) is -3.24. The predicted molar refractivity (Wildman–Crippen MR) is 56.3 cm³/mol. The van der Waals surface area contributed by atoms with Crippen LogP contribution in [-0.4, -0.2) is 44.9 Å². The Labute approximate surface area is 86.0 Å². The quantitative estimate of drug-likeness (QED) is 0.674. The van der Waals surface area contributed by atoms with Gasteiger partial charge in [0, 0.05) is 32.2 Å². The molecule has 5 nitrogen and oxygen atoms in total. The first-order valence-corrected chi connectivity index (χ1v) is 6.48. The third-order valence-corrected chi connectivity index (χ3v) is 3.79. The molecule has 1 saturated heterocycles. The summed E-state index contributed by atoms with van der Waals surface area (Å²) in [6, 6.07) is 0.238. The summed E-state index contributed by atoms with van der Waals surface area (Å²) in [5.74, 6) is 0. The Morgan fingerprint density at radius 2 is 2.29 bits per heavy atom. The van der Waals surface area contributed by atoms with Gasteiger partial charge < -0.3 is 5.32 Å². The lowest BCUT2D eigenvalue weighted by Crippen LogP contribution is -2.54. The number of nitrogens with one attached hydrogen (secondary N) is 2. The fourth-order valence-electron chi connectivity index (χ4n) is 1.44. The van der Waals surface area contributed by atoms with Crippen molar-refractivity contribution in [3.63, 3.8) is 0 Å². The van der Waals surface area contributed by atoms with E-state index >= 15 is 0 Å². The lowest BCUT2D eigenvalue weighted by Gasteiger charge is -2.30. The van der Waals surface area contributed by atoms with Crippen molar-refractivity contribution in [3.8, 4) is 0 Å². The molecule has 1 rings (SSSR count). The fourth-order valence-corrected chi connectivity index (χ4v) is 2.83. The van der Waals surface area contributed by atoms with E-state index in [0.29, 0.717) is 19.6 Å². The van der Waals surface area contributed by atoms with Gasteiger partial charge in [0.25, 0.3) is 10.2 Å². The zero-order valence-corrected chi connectivity index (χ0v) is 9.60. The van der Waals surface area contributed by atoms with Crippen molar-refractivity contribution >= 4 is 10.2 Å². The van der Waals surface area contributed by atoms with E-state index in [2.05, 4.69) is 10.0 Å². The van der Waals surface area contributed by atoms with Crippen LogP contribution in [0.1, 0.15) is 20.3 Å². The number of piperazine rings is 1. The molecule has 0 aromatic carbocycles. The van der Waals surface area contributed by atoms with E-state index in [1.165, 1.54) is 4.31 Å². The molecule has 0 aromatic heterocycles. The summed E-state index contributed by atoms with van der Waals surface area (Å²) >= 11 is 0. The van der Waals surface area contributed by atoms with E-state index in [0.717, 1.165) is 13.0 Å². The lowest BCUT2D eigenvalue weighted by molar-refractivity contribution is 0.306. The summed E-state index contributed by atoms with van der Waals surface area (Å²) in [5.41, 5.74) is 0. The molecule has 1 fully saturated rings. The second-order valence-corrected chi connectivity index (χ2v) is 5.37. The average molecular weight is 221 g/mol. The third kappa shape index (κ3) is 3.20. The normalized spacial score (nSPS) is 25.1. The summed E-state index contributed by atoms with van der Waals surface area (Å²) in [4.78, 5) is 0. The van der Waals surface area contributed by atoms with Crippen LogP contribution in [0.25, 0.3) is 0 Å². The zero-order chi connectivity index (χ0) is 10.6. The van der Waals surface area contributed by atoms with Gasteiger partial charge >= 0.3 is 0 Å². The largest absolute Gasteiger partial charge is 0.312 e. The maximum absolute atomic E-state index is 11.7. The Kier molecular flexibility index (Phi) is 4.31. The van der Waals surface area contributed by atoms with Crippen molar-refractivity contribution in [2.75, 3.05) is 26.2 Å². The van der Waals surface area contributed by atoms with Crippen LogP contribution in [0.3, 0.4) is 0 Å². The molecule has 0 aromatic rings. The minimum absolute atomic E-state index is 0.238. The monoisotopic (exact) mass is 221 g/mol. The molecule has 6 heteroatoms. The van der Waals surface area contributed by atoms with Gasteiger partial charge in [-0.25, -0.2) is 4.72 Å². The molecule has 0 spiro atoms. The highest BCUT2D eigenvalue weighted by Gasteiger charge is 2.25. The molecular formula is C8H19N3O2S. The van der Waals surface area contributed by atoms with Crippen LogP contribution in [0.4, 0.5) is 0 Å². The van der Waals surface area contributed by atoms with Crippen molar-refractivity contribution in [1.82, 2.24) is 14.3 Å². The average Bonchev–Trinajstić information content (AvgIpc) is 2.15. The SMILES string of the molecule is CCCNS(=O)(=O)N1CCN[C@@H](C)C1. The maximum atomic E-state index is 11.7. The van der Waals surface area contributed by atoms with E-state index in [4.69, 9.17) is 0 Å². The van der Waals surface area contributed by atoms with Crippen LogP contribution in [0.5, 0.6) is 0 Å². The van der Waals surface area contributed by atoms with Gasteiger partial charge in [-0.2, -0.15) is 12.7 Å². The Morgan fingerprint density at radius 1 is 1.57 bits per heavy atom. The Balaban J connectivity index is 2.53. The molecule has 84 valence electrons. The lowest BCUT2D eigenvalue weighted by atomic mass is 10.3. The summed E-state index contributed by atoms with van der Waals surface area (Å²) in [5, 5.41) is 3.21. The van der Waals surface area contributed by atoms with Crippen LogP contribution in [-0.2, 0) is 10.2 Å². The van der Waals surface area contributed by atoms with Crippen molar-refractivity contribution < 1.29 is 8.42 Å². The standard InChI is InChI=1S/C8H19N3O2S/c1-3-4-10-14(12,13)11-6-5-9-8(2)7-11/h8-10H,3-7H2,1-2H3/t8-/m0/s1. The smallest absolute Gasteiger partial charge is 0.279 e. The van der Waals surface area contributed by atoms with Gasteiger partial charge in [0.15, 0.2) is 0 Å². The van der Waals surface area contributed by atoms with Gasteiger partial charge in [-0.05, 0) is 13.3 Å². The molecule has 0 aliphatic carbocycles. The molecule has 0 unspecified atom stereocenters. The number of hydrogen-bond acceptors (Lipinski definition) is 3. The number of nitrogens with zero attached hydrogens (tertiary/aromatic N) is 1. The maximum Gasteiger partial charge on any atom is 0.279 e. The van der Waals surface area contributed by atoms with E-state index in [9.17, 15) is 8.42 Å². The fraction of sp³-hybridized carbons (Fsp3) is 1.00. The summed E-state index contributed by atoms with van der Waals surface area (Å²) < 4.78 is 27.4. The molecule has 2 N–H and O–H groups in total. The highest BCUT2D eigenvalue weighted by Crippen LogP contribution is 2.03. The van der Waals surface area contributed by atoms with Crippen LogP contribution in [0.15, 0.2) is 0 Å². The second-order valence-electron chi connectivity index (χ2n) is 3.61. The van der Waals surface area contributed by atoms with Crippen molar-refractivity contribution in [2.24, 2.45) is 0 Å². The first-order chi connectivity index (χ1) is 6.56. The topological polar surface area (TPSA) is 61.4 Å². The molecule has 14 heavy (non-hydrogen) atoms. The van der Waals surface area contributed by atoms with Crippen LogP contribution < -0.4 is 10.0 Å². The summed E-state index contributed by atoms with van der Waals surface area (Å²) in [6.07, 6.45) is 0.820. The minimum atomic E-state index is -3.24. The number of hydrogen-bond donors (Lipinski definition) is 2. The van der Waals surface area contributed by atoms with Crippen LogP contribution in [0.2, 0.25) is 0 Å². The third-order valence-electron chi connectivity index (χ3n) is 2.21. The predicted octanol–water partition coefficient (Wildman–Crippen LogP) is -0.475. The molecule has 1 aliphatic rings.